The lowest BCUT2D eigenvalue weighted by Crippen LogP contribution is -2.07. The summed E-state index contributed by atoms with van der Waals surface area (Å²) in [4.78, 5) is 14.9. The Labute approximate surface area is 110 Å². The third kappa shape index (κ3) is 3.74. The highest BCUT2D eigenvalue weighted by atomic mass is 16.5. The number of rotatable bonds is 6. The van der Waals surface area contributed by atoms with Crippen molar-refractivity contribution < 1.29 is 14.6 Å². The van der Waals surface area contributed by atoms with Gasteiger partial charge >= 0.3 is 5.97 Å². The lowest BCUT2D eigenvalue weighted by atomic mass is 10.1. The van der Waals surface area contributed by atoms with Crippen molar-refractivity contribution in [1.29, 1.82) is 0 Å². The molecule has 6 nitrogen and oxygen atoms in total. The Bertz CT molecular complexity index is 546. The zero-order valence-corrected chi connectivity index (χ0v) is 10.2. The molecule has 0 saturated carbocycles. The van der Waals surface area contributed by atoms with E-state index in [4.69, 9.17) is 9.84 Å². The van der Waals surface area contributed by atoms with Gasteiger partial charge in [-0.2, -0.15) is 5.10 Å². The number of ether oxygens (including phenoxy) is 1. The van der Waals surface area contributed by atoms with E-state index >= 15 is 0 Å². The van der Waals surface area contributed by atoms with Crippen LogP contribution in [0.2, 0.25) is 0 Å². The Balaban J connectivity index is 1.85. The molecular formula is C13H13N3O3. The largest absolute Gasteiger partial charge is 0.477 e. The van der Waals surface area contributed by atoms with Crippen LogP contribution >= 0.6 is 0 Å². The highest BCUT2D eigenvalue weighted by molar-refractivity contribution is 5.89. The van der Waals surface area contributed by atoms with Gasteiger partial charge in [-0.3, -0.25) is 4.98 Å². The first kappa shape index (κ1) is 12.9. The molecule has 0 spiro atoms. The van der Waals surface area contributed by atoms with Crippen LogP contribution in [0.25, 0.3) is 0 Å². The molecule has 2 heterocycles. The van der Waals surface area contributed by atoms with E-state index in [1.54, 1.807) is 12.4 Å². The molecule has 98 valence electrons. The Morgan fingerprint density at radius 2 is 2.00 bits per heavy atom. The van der Waals surface area contributed by atoms with Gasteiger partial charge in [-0.15, -0.1) is 5.10 Å². The molecule has 0 saturated heterocycles. The summed E-state index contributed by atoms with van der Waals surface area (Å²) in [5.41, 5.74) is 1.19. The molecule has 0 radical (unpaired) electrons. The summed E-state index contributed by atoms with van der Waals surface area (Å²) < 4.78 is 5.35. The number of hydrogen-bond acceptors (Lipinski definition) is 5. The van der Waals surface area contributed by atoms with Crippen LogP contribution in [0, 0.1) is 0 Å². The molecule has 2 rings (SSSR count). The number of hydrogen-bond donors (Lipinski definition) is 1. The van der Waals surface area contributed by atoms with Gasteiger partial charge in [0.2, 0.25) is 5.88 Å². The van der Waals surface area contributed by atoms with Crippen molar-refractivity contribution in [2.75, 3.05) is 6.61 Å². The Hall–Kier alpha value is -2.50. The van der Waals surface area contributed by atoms with Crippen molar-refractivity contribution in [2.45, 2.75) is 12.8 Å². The molecule has 0 bridgehead atoms. The van der Waals surface area contributed by atoms with Crippen LogP contribution in [-0.2, 0) is 6.42 Å². The van der Waals surface area contributed by atoms with E-state index in [9.17, 15) is 4.79 Å². The quantitative estimate of drug-likeness (QED) is 0.793. The van der Waals surface area contributed by atoms with E-state index in [2.05, 4.69) is 15.2 Å². The van der Waals surface area contributed by atoms with Gasteiger partial charge in [0.15, 0.2) is 0 Å². The first-order valence-corrected chi connectivity index (χ1v) is 5.84. The van der Waals surface area contributed by atoms with E-state index in [-0.39, 0.29) is 11.4 Å². The fraction of sp³-hybridized carbons (Fsp3) is 0.231. The molecule has 0 fully saturated rings. The average Bonchev–Trinajstić information content (AvgIpc) is 2.45. The van der Waals surface area contributed by atoms with Gasteiger partial charge in [-0.05, 0) is 36.6 Å². The molecule has 0 amide bonds. The molecule has 0 aliphatic rings. The summed E-state index contributed by atoms with van der Waals surface area (Å²) in [5.74, 6) is -1.01. The maximum atomic E-state index is 10.9. The second-order valence-electron chi connectivity index (χ2n) is 3.86. The summed E-state index contributed by atoms with van der Waals surface area (Å²) in [7, 11) is 0. The highest BCUT2D eigenvalue weighted by Crippen LogP contribution is 2.13. The summed E-state index contributed by atoms with van der Waals surface area (Å²) in [6.07, 6.45) is 6.40. The summed E-state index contributed by atoms with van der Waals surface area (Å²) in [6, 6.07) is 5.24. The minimum atomic E-state index is -1.07. The molecule has 2 aromatic rings. The fourth-order valence-corrected chi connectivity index (χ4v) is 1.58. The number of nitrogens with zero attached hydrogens (tertiary/aromatic N) is 3. The van der Waals surface area contributed by atoms with Gasteiger partial charge in [0, 0.05) is 12.4 Å². The molecule has 0 aromatic carbocycles. The van der Waals surface area contributed by atoms with Gasteiger partial charge in [0.1, 0.15) is 5.56 Å². The van der Waals surface area contributed by atoms with Crippen molar-refractivity contribution in [3.63, 3.8) is 0 Å². The van der Waals surface area contributed by atoms with Gasteiger partial charge in [-0.1, -0.05) is 0 Å². The molecule has 0 atom stereocenters. The summed E-state index contributed by atoms with van der Waals surface area (Å²) in [5, 5.41) is 16.2. The zero-order chi connectivity index (χ0) is 13.5. The number of aromatic nitrogens is 3. The van der Waals surface area contributed by atoms with E-state index in [1.165, 1.54) is 12.3 Å². The van der Waals surface area contributed by atoms with Crippen LogP contribution in [0.1, 0.15) is 22.3 Å². The predicted molar refractivity (Wildman–Crippen MR) is 67.0 cm³/mol. The molecule has 0 aliphatic heterocycles. The van der Waals surface area contributed by atoms with Crippen LogP contribution in [0.3, 0.4) is 0 Å². The second kappa shape index (κ2) is 6.44. The Morgan fingerprint density at radius 1 is 1.21 bits per heavy atom. The van der Waals surface area contributed by atoms with Crippen LogP contribution < -0.4 is 4.74 Å². The van der Waals surface area contributed by atoms with Gasteiger partial charge in [0.05, 0.1) is 12.8 Å². The second-order valence-corrected chi connectivity index (χ2v) is 3.86. The molecule has 0 aliphatic carbocycles. The standard InChI is InChI=1S/C13H13N3O3/c17-13(18)11-5-8-15-16-12(11)19-9-1-2-10-3-6-14-7-4-10/h3-8H,1-2,9H2,(H,17,18). The van der Waals surface area contributed by atoms with Gasteiger partial charge < -0.3 is 9.84 Å². The number of carboxylic acid groups (broad SMARTS) is 1. The smallest absolute Gasteiger partial charge is 0.341 e. The molecule has 1 N–H and O–H groups in total. The van der Waals surface area contributed by atoms with Crippen molar-refractivity contribution in [3.05, 3.63) is 47.9 Å². The van der Waals surface area contributed by atoms with Crippen LogP contribution in [0.15, 0.2) is 36.8 Å². The predicted octanol–water partition coefficient (Wildman–Crippen LogP) is 1.58. The van der Waals surface area contributed by atoms with Crippen molar-refractivity contribution in [2.24, 2.45) is 0 Å². The summed E-state index contributed by atoms with van der Waals surface area (Å²) in [6.45, 7) is 0.390. The van der Waals surface area contributed by atoms with Crippen molar-refractivity contribution in [3.8, 4) is 5.88 Å². The van der Waals surface area contributed by atoms with E-state index in [1.807, 2.05) is 12.1 Å². The normalized spacial score (nSPS) is 10.1. The lowest BCUT2D eigenvalue weighted by molar-refractivity contribution is 0.0690. The van der Waals surface area contributed by atoms with Crippen molar-refractivity contribution >= 4 is 5.97 Å². The third-order valence-corrected chi connectivity index (χ3v) is 2.52. The minimum Gasteiger partial charge on any atom is -0.477 e. The maximum absolute atomic E-state index is 10.9. The van der Waals surface area contributed by atoms with Crippen LogP contribution in [0.4, 0.5) is 0 Å². The third-order valence-electron chi connectivity index (χ3n) is 2.52. The maximum Gasteiger partial charge on any atom is 0.341 e. The number of aryl methyl sites for hydroxylation is 1. The van der Waals surface area contributed by atoms with Gasteiger partial charge in [0.25, 0.3) is 0 Å². The highest BCUT2D eigenvalue weighted by Gasteiger charge is 2.12. The zero-order valence-electron chi connectivity index (χ0n) is 10.2. The number of pyridine rings is 1. The molecule has 19 heavy (non-hydrogen) atoms. The monoisotopic (exact) mass is 259 g/mol. The SMILES string of the molecule is O=C(O)c1ccnnc1OCCCc1ccncc1. The minimum absolute atomic E-state index is 0.0268. The number of aromatic carboxylic acids is 1. The average molecular weight is 259 g/mol. The van der Waals surface area contributed by atoms with Crippen LogP contribution in [-0.4, -0.2) is 32.9 Å². The van der Waals surface area contributed by atoms with Crippen molar-refractivity contribution in [1.82, 2.24) is 15.2 Å². The van der Waals surface area contributed by atoms with Gasteiger partial charge in [-0.25, -0.2) is 4.79 Å². The molecular weight excluding hydrogens is 246 g/mol. The van der Waals surface area contributed by atoms with E-state index < -0.39 is 5.97 Å². The topological polar surface area (TPSA) is 85.2 Å². The first-order chi connectivity index (χ1) is 9.27. The summed E-state index contributed by atoms with van der Waals surface area (Å²) >= 11 is 0. The van der Waals surface area contributed by atoms with Crippen LogP contribution in [0.5, 0.6) is 5.88 Å². The first-order valence-electron chi connectivity index (χ1n) is 5.84. The fourth-order valence-electron chi connectivity index (χ4n) is 1.58. The van der Waals surface area contributed by atoms with E-state index in [0.717, 1.165) is 18.4 Å². The number of carboxylic acids is 1. The molecule has 2 aromatic heterocycles. The molecule has 6 heteroatoms. The Kier molecular flexibility index (Phi) is 4.39. The number of carbonyl (C=O) groups is 1. The molecule has 0 unspecified atom stereocenters. The lowest BCUT2D eigenvalue weighted by Gasteiger charge is -2.06. The Morgan fingerprint density at radius 3 is 2.74 bits per heavy atom. The van der Waals surface area contributed by atoms with E-state index in [0.29, 0.717) is 6.61 Å².